The first-order chi connectivity index (χ1) is 8.16. The van der Waals surface area contributed by atoms with E-state index in [1.165, 1.54) is 10.9 Å². The molecule has 0 bridgehead atoms. The molecule has 0 amide bonds. The summed E-state index contributed by atoms with van der Waals surface area (Å²) in [6, 6.07) is 0. The van der Waals surface area contributed by atoms with Gasteiger partial charge in [0.1, 0.15) is 10.7 Å². The fourth-order valence-electron chi connectivity index (χ4n) is 1.92. The Morgan fingerprint density at radius 2 is 2.41 bits per heavy atom. The van der Waals surface area contributed by atoms with Crippen molar-refractivity contribution in [1.82, 2.24) is 19.7 Å². The van der Waals surface area contributed by atoms with E-state index < -0.39 is 5.67 Å². The molecule has 3 rings (SSSR count). The SMILES string of the molecule is FC1(Cn2ncc3ncc(Cl)nc32)CCOC1. The molecule has 0 saturated carbocycles. The van der Waals surface area contributed by atoms with Gasteiger partial charge in [0.05, 0.1) is 25.5 Å². The molecule has 2 aromatic rings. The van der Waals surface area contributed by atoms with Crippen LogP contribution in [0.3, 0.4) is 0 Å². The molecule has 5 nitrogen and oxygen atoms in total. The van der Waals surface area contributed by atoms with E-state index in [1.54, 1.807) is 6.20 Å². The number of halogens is 2. The highest BCUT2D eigenvalue weighted by Gasteiger charge is 2.36. The Kier molecular flexibility index (Phi) is 2.48. The van der Waals surface area contributed by atoms with E-state index >= 15 is 0 Å². The van der Waals surface area contributed by atoms with Crippen molar-refractivity contribution >= 4 is 22.8 Å². The van der Waals surface area contributed by atoms with Crippen molar-refractivity contribution in [3.8, 4) is 0 Å². The standard InChI is InChI=1S/C10H10ClFN4O/c11-8-4-13-7-3-14-16(9(7)15-8)5-10(12)1-2-17-6-10/h3-4H,1-2,5-6H2. The molecule has 17 heavy (non-hydrogen) atoms. The second kappa shape index (κ2) is 3.89. The second-order valence-electron chi connectivity index (χ2n) is 4.16. The summed E-state index contributed by atoms with van der Waals surface area (Å²) in [5, 5.41) is 4.36. The monoisotopic (exact) mass is 256 g/mol. The molecule has 0 aromatic carbocycles. The second-order valence-corrected chi connectivity index (χ2v) is 4.54. The van der Waals surface area contributed by atoms with Crippen molar-refractivity contribution in [1.29, 1.82) is 0 Å². The van der Waals surface area contributed by atoms with E-state index in [2.05, 4.69) is 15.1 Å². The van der Waals surface area contributed by atoms with Gasteiger partial charge in [-0.15, -0.1) is 0 Å². The van der Waals surface area contributed by atoms with Gasteiger partial charge in [-0.1, -0.05) is 11.6 Å². The summed E-state index contributed by atoms with van der Waals surface area (Å²) in [6.45, 7) is 0.663. The molecule has 0 N–H and O–H groups in total. The summed E-state index contributed by atoms with van der Waals surface area (Å²) in [6.07, 6.45) is 3.37. The normalized spacial score (nSPS) is 24.6. The lowest BCUT2D eigenvalue weighted by atomic mass is 10.1. The lowest BCUT2D eigenvalue weighted by Gasteiger charge is -2.16. The smallest absolute Gasteiger partial charge is 0.178 e. The minimum atomic E-state index is -1.37. The molecule has 7 heteroatoms. The predicted molar refractivity (Wildman–Crippen MR) is 59.6 cm³/mol. The van der Waals surface area contributed by atoms with Crippen LogP contribution >= 0.6 is 11.6 Å². The number of fused-ring (bicyclic) bond motifs is 1. The first kappa shape index (κ1) is 10.9. The van der Waals surface area contributed by atoms with Crippen LogP contribution in [0.5, 0.6) is 0 Å². The molecule has 2 aromatic heterocycles. The Morgan fingerprint density at radius 1 is 1.53 bits per heavy atom. The maximum absolute atomic E-state index is 14.2. The minimum absolute atomic E-state index is 0.0996. The van der Waals surface area contributed by atoms with Gasteiger partial charge >= 0.3 is 0 Å². The van der Waals surface area contributed by atoms with Gasteiger partial charge in [-0.05, 0) is 0 Å². The Bertz CT molecular complexity index is 552. The molecule has 90 valence electrons. The van der Waals surface area contributed by atoms with Gasteiger partial charge < -0.3 is 4.74 Å². The third kappa shape index (κ3) is 1.98. The van der Waals surface area contributed by atoms with Crippen LogP contribution in [0, 0.1) is 0 Å². The highest BCUT2D eigenvalue weighted by Crippen LogP contribution is 2.26. The fourth-order valence-corrected chi connectivity index (χ4v) is 2.05. The van der Waals surface area contributed by atoms with E-state index in [0.29, 0.717) is 24.2 Å². The van der Waals surface area contributed by atoms with Crippen LogP contribution in [0.15, 0.2) is 12.4 Å². The van der Waals surface area contributed by atoms with Crippen LogP contribution in [-0.4, -0.2) is 38.6 Å². The van der Waals surface area contributed by atoms with Crippen LogP contribution in [0.4, 0.5) is 4.39 Å². The third-order valence-corrected chi connectivity index (χ3v) is 2.99. The van der Waals surface area contributed by atoms with Gasteiger partial charge in [-0.3, -0.25) is 0 Å². The number of hydrogen-bond acceptors (Lipinski definition) is 4. The molecule has 1 fully saturated rings. The molecule has 0 spiro atoms. The molecule has 0 aliphatic carbocycles. The Morgan fingerprint density at radius 3 is 3.18 bits per heavy atom. The van der Waals surface area contributed by atoms with E-state index in [9.17, 15) is 4.39 Å². The summed E-state index contributed by atoms with van der Waals surface area (Å²) < 4.78 is 20.8. The number of ether oxygens (including phenoxy) is 1. The molecule has 1 aliphatic rings. The minimum Gasteiger partial charge on any atom is -0.378 e. The van der Waals surface area contributed by atoms with Crippen LogP contribution < -0.4 is 0 Å². The van der Waals surface area contributed by atoms with Crippen LogP contribution in [-0.2, 0) is 11.3 Å². The Balaban J connectivity index is 1.97. The van der Waals surface area contributed by atoms with Gasteiger partial charge in [-0.25, -0.2) is 19.0 Å². The van der Waals surface area contributed by atoms with Crippen molar-refractivity contribution in [3.05, 3.63) is 17.5 Å². The van der Waals surface area contributed by atoms with Crippen molar-refractivity contribution in [2.45, 2.75) is 18.6 Å². The van der Waals surface area contributed by atoms with E-state index in [4.69, 9.17) is 16.3 Å². The quantitative estimate of drug-likeness (QED) is 0.819. The van der Waals surface area contributed by atoms with Gasteiger partial charge in [0.25, 0.3) is 0 Å². The highest BCUT2D eigenvalue weighted by molar-refractivity contribution is 6.29. The molecular weight excluding hydrogens is 247 g/mol. The van der Waals surface area contributed by atoms with Gasteiger partial charge in [0.15, 0.2) is 11.3 Å². The number of nitrogens with zero attached hydrogens (tertiary/aromatic N) is 4. The zero-order chi connectivity index (χ0) is 11.9. The topological polar surface area (TPSA) is 52.8 Å². The van der Waals surface area contributed by atoms with Crippen molar-refractivity contribution in [2.75, 3.05) is 13.2 Å². The van der Waals surface area contributed by atoms with E-state index in [-0.39, 0.29) is 18.3 Å². The average Bonchev–Trinajstić information content (AvgIpc) is 2.87. The predicted octanol–water partition coefficient (Wildman–Crippen LogP) is 1.61. The first-order valence-electron chi connectivity index (χ1n) is 5.27. The van der Waals surface area contributed by atoms with Crippen LogP contribution in [0.2, 0.25) is 5.15 Å². The van der Waals surface area contributed by atoms with E-state index in [0.717, 1.165) is 0 Å². The molecule has 3 heterocycles. The van der Waals surface area contributed by atoms with Crippen LogP contribution in [0.1, 0.15) is 6.42 Å². The molecular formula is C10H10ClFN4O. The largest absolute Gasteiger partial charge is 0.378 e. The zero-order valence-electron chi connectivity index (χ0n) is 8.94. The summed E-state index contributed by atoms with van der Waals surface area (Å²) in [5.74, 6) is 0. The van der Waals surface area contributed by atoms with E-state index in [1.807, 2.05) is 0 Å². The lowest BCUT2D eigenvalue weighted by Crippen LogP contribution is -2.30. The Hall–Kier alpha value is -1.27. The summed E-state index contributed by atoms with van der Waals surface area (Å²) in [4.78, 5) is 8.17. The number of aromatic nitrogens is 4. The lowest BCUT2D eigenvalue weighted by molar-refractivity contribution is 0.0949. The summed E-state index contributed by atoms with van der Waals surface area (Å²) in [5.41, 5.74) is -0.263. The van der Waals surface area contributed by atoms with Crippen molar-refractivity contribution < 1.29 is 9.13 Å². The van der Waals surface area contributed by atoms with Gasteiger partial charge in [-0.2, -0.15) is 5.10 Å². The molecule has 1 saturated heterocycles. The zero-order valence-corrected chi connectivity index (χ0v) is 9.69. The van der Waals surface area contributed by atoms with Crippen LogP contribution in [0.25, 0.3) is 11.2 Å². The van der Waals surface area contributed by atoms with Gasteiger partial charge in [0.2, 0.25) is 0 Å². The molecule has 1 unspecified atom stereocenters. The molecule has 0 radical (unpaired) electrons. The molecule has 1 atom stereocenters. The fraction of sp³-hybridized carbons (Fsp3) is 0.500. The summed E-state index contributed by atoms with van der Waals surface area (Å²) >= 11 is 5.77. The number of hydrogen-bond donors (Lipinski definition) is 0. The van der Waals surface area contributed by atoms with Crippen molar-refractivity contribution in [3.63, 3.8) is 0 Å². The highest BCUT2D eigenvalue weighted by atomic mass is 35.5. The Labute approximate surface area is 102 Å². The van der Waals surface area contributed by atoms with Crippen molar-refractivity contribution in [2.24, 2.45) is 0 Å². The summed E-state index contributed by atoms with van der Waals surface area (Å²) in [7, 11) is 0. The first-order valence-corrected chi connectivity index (χ1v) is 5.65. The third-order valence-electron chi connectivity index (χ3n) is 2.80. The number of rotatable bonds is 2. The molecule has 1 aliphatic heterocycles. The number of alkyl halides is 1. The maximum atomic E-state index is 14.2. The average molecular weight is 257 g/mol. The van der Waals surface area contributed by atoms with Gasteiger partial charge in [0, 0.05) is 13.0 Å². The maximum Gasteiger partial charge on any atom is 0.178 e.